The van der Waals surface area contributed by atoms with E-state index in [-0.39, 0.29) is 19.0 Å². The highest BCUT2D eigenvalue weighted by Gasteiger charge is 2.20. The van der Waals surface area contributed by atoms with Crippen molar-refractivity contribution in [2.75, 3.05) is 0 Å². The molecule has 0 bridgehead atoms. The SMILES string of the molecule is O=C(Cc1ccccc1)Oc1ccc(COC(=O)N2NC=NN=C2I)cc1. The average Bonchev–Trinajstić information content (AvgIpc) is 2.68. The minimum absolute atomic E-state index is 0.0658. The maximum atomic E-state index is 12.0. The van der Waals surface area contributed by atoms with E-state index >= 15 is 0 Å². The Morgan fingerprint density at radius 1 is 1.04 bits per heavy atom. The normalized spacial score (nSPS) is 12.8. The number of hydrogen-bond donors (Lipinski definition) is 1. The molecule has 2 aromatic rings. The average molecular weight is 478 g/mol. The number of amidine groups is 1. The summed E-state index contributed by atoms with van der Waals surface area (Å²) in [5, 5.41) is 8.50. The Morgan fingerprint density at radius 2 is 1.78 bits per heavy atom. The number of nitrogens with zero attached hydrogens (tertiary/aromatic N) is 3. The molecule has 0 aliphatic carbocycles. The van der Waals surface area contributed by atoms with Crippen molar-refractivity contribution < 1.29 is 19.1 Å². The van der Waals surface area contributed by atoms with Gasteiger partial charge in [0.25, 0.3) is 0 Å². The Morgan fingerprint density at radius 3 is 2.48 bits per heavy atom. The van der Waals surface area contributed by atoms with Crippen LogP contribution in [0.15, 0.2) is 64.8 Å². The second kappa shape index (κ2) is 9.12. The van der Waals surface area contributed by atoms with Gasteiger partial charge in [-0.2, -0.15) is 5.01 Å². The van der Waals surface area contributed by atoms with Crippen LogP contribution in [0.2, 0.25) is 0 Å². The van der Waals surface area contributed by atoms with Crippen LogP contribution >= 0.6 is 22.6 Å². The molecule has 3 rings (SSSR count). The number of carbonyl (C=O) groups is 2. The molecule has 1 aliphatic rings. The van der Waals surface area contributed by atoms with E-state index in [4.69, 9.17) is 9.47 Å². The van der Waals surface area contributed by atoms with Crippen molar-refractivity contribution in [3.05, 3.63) is 65.7 Å². The van der Waals surface area contributed by atoms with E-state index < -0.39 is 6.09 Å². The maximum Gasteiger partial charge on any atom is 0.435 e. The summed E-state index contributed by atoms with van der Waals surface area (Å²) in [4.78, 5) is 24.0. The van der Waals surface area contributed by atoms with Gasteiger partial charge in [-0.3, -0.25) is 10.2 Å². The fourth-order valence-corrected chi connectivity index (χ4v) is 2.64. The van der Waals surface area contributed by atoms with Crippen LogP contribution in [0.4, 0.5) is 4.79 Å². The molecule has 27 heavy (non-hydrogen) atoms. The van der Waals surface area contributed by atoms with E-state index in [0.717, 1.165) is 16.1 Å². The highest BCUT2D eigenvalue weighted by atomic mass is 127. The van der Waals surface area contributed by atoms with Gasteiger partial charge < -0.3 is 9.47 Å². The van der Waals surface area contributed by atoms with Crippen molar-refractivity contribution in [3.8, 4) is 5.75 Å². The highest BCUT2D eigenvalue weighted by molar-refractivity contribution is 14.1. The van der Waals surface area contributed by atoms with Crippen LogP contribution in [0, 0.1) is 0 Å². The zero-order chi connectivity index (χ0) is 19.1. The molecule has 0 spiro atoms. The van der Waals surface area contributed by atoms with Gasteiger partial charge in [-0.15, -0.1) is 10.2 Å². The molecule has 0 aromatic heterocycles. The first-order valence-electron chi connectivity index (χ1n) is 7.93. The Labute approximate surface area is 169 Å². The quantitative estimate of drug-likeness (QED) is 0.309. The van der Waals surface area contributed by atoms with Crippen LogP contribution in [0.25, 0.3) is 0 Å². The summed E-state index contributed by atoms with van der Waals surface area (Å²) < 4.78 is 10.9. The van der Waals surface area contributed by atoms with Crippen LogP contribution in [-0.4, -0.2) is 27.3 Å². The molecule has 1 N–H and O–H groups in total. The lowest BCUT2D eigenvalue weighted by molar-refractivity contribution is -0.133. The van der Waals surface area contributed by atoms with E-state index in [1.807, 2.05) is 52.9 Å². The third kappa shape index (κ3) is 5.51. The van der Waals surface area contributed by atoms with Gasteiger partial charge >= 0.3 is 12.1 Å². The van der Waals surface area contributed by atoms with Gasteiger partial charge in [0.15, 0.2) is 0 Å². The largest absolute Gasteiger partial charge is 0.443 e. The van der Waals surface area contributed by atoms with Gasteiger partial charge in [-0.25, -0.2) is 4.79 Å². The zero-order valence-electron chi connectivity index (χ0n) is 14.0. The van der Waals surface area contributed by atoms with Crippen molar-refractivity contribution in [3.63, 3.8) is 0 Å². The van der Waals surface area contributed by atoms with E-state index in [0.29, 0.717) is 9.59 Å². The Kier molecular flexibility index (Phi) is 6.36. The van der Waals surface area contributed by atoms with Crippen LogP contribution in [0.3, 0.4) is 0 Å². The first-order valence-corrected chi connectivity index (χ1v) is 9.01. The Hall–Kier alpha value is -2.95. The third-order valence-corrected chi connectivity index (χ3v) is 4.16. The van der Waals surface area contributed by atoms with E-state index in [2.05, 4.69) is 15.6 Å². The van der Waals surface area contributed by atoms with Gasteiger partial charge in [0.1, 0.15) is 18.7 Å². The topological polar surface area (TPSA) is 92.6 Å². The van der Waals surface area contributed by atoms with Crippen LogP contribution in [-0.2, 0) is 22.6 Å². The van der Waals surface area contributed by atoms with Crippen LogP contribution in [0.5, 0.6) is 5.75 Å². The summed E-state index contributed by atoms with van der Waals surface area (Å²) in [6.45, 7) is 0.0658. The lowest BCUT2D eigenvalue weighted by Crippen LogP contribution is -2.45. The highest BCUT2D eigenvalue weighted by Crippen LogP contribution is 2.15. The second-order valence-corrected chi connectivity index (χ2v) is 6.38. The monoisotopic (exact) mass is 478 g/mol. The molecule has 0 saturated heterocycles. The molecule has 9 heteroatoms. The van der Waals surface area contributed by atoms with Gasteiger partial charge in [0, 0.05) is 22.6 Å². The molecule has 0 saturated carbocycles. The molecule has 0 unspecified atom stereocenters. The van der Waals surface area contributed by atoms with E-state index in [1.165, 1.54) is 6.34 Å². The number of ether oxygens (including phenoxy) is 2. The number of hydrazine groups is 1. The number of halogens is 1. The molecular formula is C18H15IN4O4. The molecule has 1 aliphatic heterocycles. The summed E-state index contributed by atoms with van der Waals surface area (Å²) >= 11 is 1.86. The fourth-order valence-electron chi connectivity index (χ4n) is 2.18. The number of benzene rings is 2. The molecular weight excluding hydrogens is 463 g/mol. The number of carbonyl (C=O) groups excluding carboxylic acids is 2. The first-order chi connectivity index (χ1) is 13.1. The third-order valence-electron chi connectivity index (χ3n) is 3.46. The second-order valence-electron chi connectivity index (χ2n) is 5.41. The minimum Gasteiger partial charge on any atom is -0.443 e. The number of esters is 1. The van der Waals surface area contributed by atoms with Crippen LogP contribution < -0.4 is 10.2 Å². The molecule has 1 amide bonds. The van der Waals surface area contributed by atoms with E-state index in [9.17, 15) is 9.59 Å². The zero-order valence-corrected chi connectivity index (χ0v) is 16.2. The van der Waals surface area contributed by atoms with Crippen molar-refractivity contribution in [1.82, 2.24) is 10.4 Å². The Bertz CT molecular complexity index is 869. The molecule has 0 radical (unpaired) electrons. The number of nitrogens with one attached hydrogen (secondary N) is 1. The first kappa shape index (κ1) is 18.8. The number of hydrogen-bond acceptors (Lipinski definition) is 7. The Balaban J connectivity index is 1.48. The predicted molar refractivity (Wildman–Crippen MR) is 107 cm³/mol. The minimum atomic E-state index is -0.604. The summed E-state index contributed by atoms with van der Waals surface area (Å²) in [5.74, 6) is 0.0914. The van der Waals surface area contributed by atoms with Crippen molar-refractivity contribution >= 4 is 44.8 Å². The fraction of sp³-hybridized carbons (Fsp3) is 0.111. The van der Waals surface area contributed by atoms with Gasteiger partial charge in [0.2, 0.25) is 3.84 Å². The summed E-state index contributed by atoms with van der Waals surface area (Å²) in [5.41, 5.74) is 4.27. The summed E-state index contributed by atoms with van der Waals surface area (Å²) in [7, 11) is 0. The molecule has 8 nitrogen and oxygen atoms in total. The molecule has 2 aromatic carbocycles. The van der Waals surface area contributed by atoms with Crippen molar-refractivity contribution in [2.24, 2.45) is 10.2 Å². The standard InChI is InChI=1S/C18H15IN4O4/c19-17-22-20-12-21-23(17)18(25)26-11-14-6-8-15(9-7-14)27-16(24)10-13-4-2-1-3-5-13/h1-9,12H,10-11H2,(H,20,21). The van der Waals surface area contributed by atoms with Crippen molar-refractivity contribution in [1.29, 1.82) is 0 Å². The predicted octanol–water partition coefficient (Wildman–Crippen LogP) is 3.03. The maximum absolute atomic E-state index is 12.0. The van der Waals surface area contributed by atoms with E-state index in [1.54, 1.807) is 24.3 Å². The smallest absolute Gasteiger partial charge is 0.435 e. The lowest BCUT2D eigenvalue weighted by atomic mass is 10.1. The summed E-state index contributed by atoms with van der Waals surface area (Å²) in [6, 6.07) is 16.1. The van der Waals surface area contributed by atoms with Gasteiger partial charge in [0.05, 0.1) is 6.42 Å². The number of rotatable bonds is 5. The molecule has 0 atom stereocenters. The molecule has 0 fully saturated rings. The van der Waals surface area contributed by atoms with Crippen molar-refractivity contribution in [2.45, 2.75) is 13.0 Å². The van der Waals surface area contributed by atoms with Crippen LogP contribution in [0.1, 0.15) is 11.1 Å². The number of amides is 1. The summed E-state index contributed by atoms with van der Waals surface area (Å²) in [6.07, 6.45) is 0.877. The molecule has 1 heterocycles. The van der Waals surface area contributed by atoms with Gasteiger partial charge in [-0.1, -0.05) is 42.5 Å². The molecule has 138 valence electrons. The van der Waals surface area contributed by atoms with Gasteiger partial charge in [-0.05, 0) is 23.3 Å². The lowest BCUT2D eigenvalue weighted by Gasteiger charge is -2.20.